The van der Waals surface area contributed by atoms with Crippen LogP contribution in [-0.2, 0) is 4.79 Å². The van der Waals surface area contributed by atoms with E-state index in [0.29, 0.717) is 11.3 Å². The minimum Gasteiger partial charge on any atom is -0.507 e. The lowest BCUT2D eigenvalue weighted by atomic mass is 10.1. The van der Waals surface area contributed by atoms with Crippen molar-refractivity contribution >= 4 is 17.7 Å². The Morgan fingerprint density at radius 1 is 1.18 bits per heavy atom. The van der Waals surface area contributed by atoms with Crippen molar-refractivity contribution in [3.63, 3.8) is 0 Å². The second-order valence-electron chi connectivity index (χ2n) is 4.93. The minimum atomic E-state index is -0.501. The van der Waals surface area contributed by atoms with Gasteiger partial charge < -0.3 is 10.4 Å². The van der Waals surface area contributed by atoms with Crippen LogP contribution >= 0.6 is 0 Å². The predicted molar refractivity (Wildman–Crippen MR) is 86.2 cm³/mol. The number of para-hydroxylation sites is 1. The number of hydrogen-bond acceptors (Lipinski definition) is 3. The molecule has 0 bridgehead atoms. The van der Waals surface area contributed by atoms with Crippen molar-refractivity contribution in [3.05, 3.63) is 64.7 Å². The van der Waals surface area contributed by atoms with Crippen LogP contribution < -0.4 is 5.32 Å². The highest BCUT2D eigenvalue weighted by Crippen LogP contribution is 2.21. The summed E-state index contributed by atoms with van der Waals surface area (Å²) in [5.41, 5.74) is 3.04. The number of carbonyl (C=O) groups is 1. The van der Waals surface area contributed by atoms with Crippen LogP contribution in [0.25, 0.3) is 6.08 Å². The fourth-order valence-corrected chi connectivity index (χ4v) is 1.99. The van der Waals surface area contributed by atoms with Gasteiger partial charge >= 0.3 is 0 Å². The Bertz CT molecular complexity index is 786. The van der Waals surface area contributed by atoms with E-state index in [4.69, 9.17) is 0 Å². The number of aryl methyl sites for hydroxylation is 1. The topological polar surface area (TPSA) is 73.1 Å². The molecule has 2 aromatic rings. The Labute approximate surface area is 129 Å². The van der Waals surface area contributed by atoms with Gasteiger partial charge in [-0.2, -0.15) is 5.26 Å². The van der Waals surface area contributed by atoms with E-state index in [1.807, 2.05) is 32.0 Å². The van der Waals surface area contributed by atoms with E-state index in [-0.39, 0.29) is 11.3 Å². The lowest BCUT2D eigenvalue weighted by Crippen LogP contribution is -2.14. The van der Waals surface area contributed by atoms with Crippen LogP contribution in [0, 0.1) is 25.2 Å². The summed E-state index contributed by atoms with van der Waals surface area (Å²) in [5, 5.41) is 21.6. The lowest BCUT2D eigenvalue weighted by molar-refractivity contribution is -0.112. The first kappa shape index (κ1) is 15.3. The summed E-state index contributed by atoms with van der Waals surface area (Å²) in [6.45, 7) is 3.86. The van der Waals surface area contributed by atoms with Crippen LogP contribution in [0.2, 0.25) is 0 Å². The zero-order valence-corrected chi connectivity index (χ0v) is 12.4. The van der Waals surface area contributed by atoms with Gasteiger partial charge in [0.2, 0.25) is 0 Å². The second-order valence-corrected chi connectivity index (χ2v) is 4.93. The maximum atomic E-state index is 12.2. The molecule has 4 heteroatoms. The Morgan fingerprint density at radius 3 is 2.59 bits per heavy atom. The molecule has 0 aromatic heterocycles. The summed E-state index contributed by atoms with van der Waals surface area (Å²) < 4.78 is 0. The number of hydrogen-bond donors (Lipinski definition) is 2. The van der Waals surface area contributed by atoms with Gasteiger partial charge in [-0.05, 0) is 43.2 Å². The molecule has 2 aromatic carbocycles. The molecule has 4 nitrogen and oxygen atoms in total. The first-order chi connectivity index (χ1) is 10.5. The average molecular weight is 292 g/mol. The minimum absolute atomic E-state index is 0.0230. The Kier molecular flexibility index (Phi) is 4.60. The van der Waals surface area contributed by atoms with Gasteiger partial charge in [-0.25, -0.2) is 0 Å². The molecule has 0 unspecified atom stereocenters. The van der Waals surface area contributed by atoms with Gasteiger partial charge in [0.25, 0.3) is 5.91 Å². The van der Waals surface area contributed by atoms with Crippen molar-refractivity contribution in [2.24, 2.45) is 0 Å². The molecule has 0 aliphatic heterocycles. The number of nitrogens with zero attached hydrogens (tertiary/aromatic N) is 1. The summed E-state index contributed by atoms with van der Waals surface area (Å²) in [6, 6.07) is 14.0. The van der Waals surface area contributed by atoms with Crippen molar-refractivity contribution in [2.45, 2.75) is 13.8 Å². The van der Waals surface area contributed by atoms with E-state index < -0.39 is 5.91 Å². The third kappa shape index (κ3) is 3.33. The van der Waals surface area contributed by atoms with Gasteiger partial charge in [0.1, 0.15) is 17.4 Å². The van der Waals surface area contributed by atoms with E-state index in [0.717, 1.165) is 11.1 Å². The first-order valence-electron chi connectivity index (χ1n) is 6.80. The number of nitrogens with one attached hydrogen (secondary N) is 1. The first-order valence-corrected chi connectivity index (χ1v) is 6.80. The average Bonchev–Trinajstić information content (AvgIpc) is 2.51. The van der Waals surface area contributed by atoms with Crippen molar-refractivity contribution in [3.8, 4) is 11.8 Å². The van der Waals surface area contributed by atoms with Gasteiger partial charge in [-0.15, -0.1) is 0 Å². The molecular formula is C18H16N2O2. The van der Waals surface area contributed by atoms with Crippen LogP contribution in [0.3, 0.4) is 0 Å². The molecule has 2 N–H and O–H groups in total. The van der Waals surface area contributed by atoms with Gasteiger partial charge in [0.15, 0.2) is 0 Å². The van der Waals surface area contributed by atoms with Crippen molar-refractivity contribution in [1.82, 2.24) is 0 Å². The third-order valence-electron chi connectivity index (χ3n) is 3.45. The Balaban J connectivity index is 2.29. The van der Waals surface area contributed by atoms with Crippen LogP contribution in [0.5, 0.6) is 5.75 Å². The normalized spacial score (nSPS) is 10.9. The monoisotopic (exact) mass is 292 g/mol. The molecule has 0 saturated heterocycles. The van der Waals surface area contributed by atoms with E-state index >= 15 is 0 Å². The molecule has 0 radical (unpaired) electrons. The molecule has 0 fully saturated rings. The molecule has 22 heavy (non-hydrogen) atoms. The summed E-state index contributed by atoms with van der Waals surface area (Å²) in [4.78, 5) is 12.2. The smallest absolute Gasteiger partial charge is 0.266 e. The number of aromatic hydroxyl groups is 1. The molecule has 2 rings (SSSR count). The molecular weight excluding hydrogens is 276 g/mol. The summed E-state index contributed by atoms with van der Waals surface area (Å²) in [6.07, 6.45) is 1.37. The maximum absolute atomic E-state index is 12.2. The highest BCUT2D eigenvalue weighted by Gasteiger charge is 2.12. The fourth-order valence-electron chi connectivity index (χ4n) is 1.99. The van der Waals surface area contributed by atoms with Crippen LogP contribution in [0.15, 0.2) is 48.0 Å². The van der Waals surface area contributed by atoms with Gasteiger partial charge in [0.05, 0.1) is 0 Å². The predicted octanol–water partition coefficient (Wildman–Crippen LogP) is 3.55. The lowest BCUT2D eigenvalue weighted by Gasteiger charge is -2.10. The van der Waals surface area contributed by atoms with Gasteiger partial charge in [0, 0.05) is 11.3 Å². The second kappa shape index (κ2) is 6.59. The Hall–Kier alpha value is -3.06. The van der Waals surface area contributed by atoms with Crippen molar-refractivity contribution in [2.75, 3.05) is 5.32 Å². The summed E-state index contributed by atoms with van der Waals surface area (Å²) in [7, 11) is 0. The number of carbonyl (C=O) groups excluding carboxylic acids is 1. The SMILES string of the molecule is Cc1cccc(NC(=O)/C(C#N)=C/c2ccccc2O)c1C. The molecule has 0 aliphatic rings. The number of nitriles is 1. The molecule has 0 aliphatic carbocycles. The number of rotatable bonds is 3. The number of anilines is 1. The third-order valence-corrected chi connectivity index (χ3v) is 3.45. The molecule has 0 spiro atoms. The van der Waals surface area contributed by atoms with E-state index in [2.05, 4.69) is 5.32 Å². The highest BCUT2D eigenvalue weighted by molar-refractivity contribution is 6.10. The zero-order chi connectivity index (χ0) is 16.1. The van der Waals surface area contributed by atoms with Crippen molar-refractivity contribution < 1.29 is 9.90 Å². The number of phenolic OH excluding ortho intramolecular Hbond substituents is 1. The quantitative estimate of drug-likeness (QED) is 0.671. The molecule has 1 amide bonds. The fraction of sp³-hybridized carbons (Fsp3) is 0.111. The molecule has 0 atom stereocenters. The Morgan fingerprint density at radius 2 is 1.91 bits per heavy atom. The molecule has 0 heterocycles. The summed E-state index contributed by atoms with van der Waals surface area (Å²) >= 11 is 0. The standard InChI is InChI=1S/C18H16N2O2/c1-12-6-5-8-16(13(12)2)20-18(22)15(11-19)10-14-7-3-4-9-17(14)21/h3-10,21H,1-2H3,(H,20,22)/b15-10+. The van der Waals surface area contributed by atoms with E-state index in [9.17, 15) is 15.2 Å². The largest absolute Gasteiger partial charge is 0.507 e. The molecule has 0 saturated carbocycles. The van der Waals surface area contributed by atoms with Crippen LogP contribution in [-0.4, -0.2) is 11.0 Å². The van der Waals surface area contributed by atoms with Crippen molar-refractivity contribution in [1.29, 1.82) is 5.26 Å². The van der Waals surface area contributed by atoms with Gasteiger partial charge in [-0.1, -0.05) is 30.3 Å². The van der Waals surface area contributed by atoms with Gasteiger partial charge in [-0.3, -0.25) is 4.79 Å². The van der Waals surface area contributed by atoms with Crippen LogP contribution in [0.4, 0.5) is 5.69 Å². The summed E-state index contributed by atoms with van der Waals surface area (Å²) in [5.74, 6) is -0.478. The molecule has 110 valence electrons. The number of benzene rings is 2. The number of amides is 1. The zero-order valence-electron chi connectivity index (χ0n) is 12.4. The highest BCUT2D eigenvalue weighted by atomic mass is 16.3. The van der Waals surface area contributed by atoms with E-state index in [1.54, 1.807) is 24.3 Å². The maximum Gasteiger partial charge on any atom is 0.266 e. The van der Waals surface area contributed by atoms with E-state index in [1.165, 1.54) is 12.1 Å². The number of phenols is 1. The van der Waals surface area contributed by atoms with Crippen LogP contribution in [0.1, 0.15) is 16.7 Å².